The minimum Gasteiger partial charge on any atom is -0.314 e. The third kappa shape index (κ3) is 2.77. The van der Waals surface area contributed by atoms with Crippen LogP contribution >= 0.6 is 0 Å². The molecule has 0 unspecified atom stereocenters. The molecule has 2 heterocycles. The third-order valence-electron chi connectivity index (χ3n) is 3.92. The van der Waals surface area contributed by atoms with Crippen LogP contribution in [0.1, 0.15) is 18.2 Å². The molecule has 0 bridgehead atoms. The van der Waals surface area contributed by atoms with Gasteiger partial charge in [0, 0.05) is 43.3 Å². The van der Waals surface area contributed by atoms with Crippen LogP contribution in [0, 0.1) is 6.92 Å². The molecule has 0 spiro atoms. The van der Waals surface area contributed by atoms with E-state index >= 15 is 0 Å². The third-order valence-corrected chi connectivity index (χ3v) is 3.92. The van der Waals surface area contributed by atoms with E-state index in [2.05, 4.69) is 52.5 Å². The zero-order valence-electron chi connectivity index (χ0n) is 11.7. The molecular formula is C16H21N3. The first-order chi connectivity index (χ1) is 9.22. The monoisotopic (exact) mass is 255 g/mol. The minimum atomic E-state index is 0.612. The molecule has 19 heavy (non-hydrogen) atoms. The van der Waals surface area contributed by atoms with E-state index in [-0.39, 0.29) is 0 Å². The zero-order chi connectivity index (χ0) is 13.2. The fraction of sp³-hybridized carbons (Fsp3) is 0.438. The molecule has 0 amide bonds. The van der Waals surface area contributed by atoms with Crippen LogP contribution in [0.5, 0.6) is 0 Å². The van der Waals surface area contributed by atoms with E-state index in [9.17, 15) is 0 Å². The molecule has 0 aliphatic carbocycles. The van der Waals surface area contributed by atoms with Crippen LogP contribution < -0.4 is 5.32 Å². The van der Waals surface area contributed by atoms with Crippen LogP contribution in [0.4, 0.5) is 0 Å². The molecule has 3 rings (SSSR count). The highest BCUT2D eigenvalue weighted by Gasteiger charge is 2.17. The van der Waals surface area contributed by atoms with Crippen molar-refractivity contribution in [3.8, 4) is 0 Å². The van der Waals surface area contributed by atoms with Gasteiger partial charge in [0.05, 0.1) is 5.52 Å². The Bertz CT molecular complexity index is 579. The van der Waals surface area contributed by atoms with E-state index in [4.69, 9.17) is 0 Å². The minimum absolute atomic E-state index is 0.612. The number of rotatable bonds is 2. The molecule has 1 aromatic carbocycles. The van der Waals surface area contributed by atoms with E-state index in [0.717, 1.165) is 37.4 Å². The topological polar surface area (TPSA) is 28.2 Å². The van der Waals surface area contributed by atoms with E-state index in [1.54, 1.807) is 0 Å². The SMILES string of the molecule is Cc1ccc2cc(CN3CCNC[C@@H]3C)ccc2n1. The van der Waals surface area contributed by atoms with Gasteiger partial charge >= 0.3 is 0 Å². The van der Waals surface area contributed by atoms with Crippen molar-refractivity contribution in [2.45, 2.75) is 26.4 Å². The van der Waals surface area contributed by atoms with E-state index in [0.29, 0.717) is 6.04 Å². The predicted molar refractivity (Wildman–Crippen MR) is 79.2 cm³/mol. The van der Waals surface area contributed by atoms with E-state index in [1.807, 2.05) is 6.92 Å². The summed E-state index contributed by atoms with van der Waals surface area (Å²) in [7, 11) is 0. The second-order valence-corrected chi connectivity index (χ2v) is 5.50. The van der Waals surface area contributed by atoms with Crippen molar-refractivity contribution >= 4 is 10.9 Å². The second-order valence-electron chi connectivity index (χ2n) is 5.50. The number of aryl methyl sites for hydroxylation is 1. The molecule has 1 fully saturated rings. The van der Waals surface area contributed by atoms with Crippen molar-refractivity contribution in [1.29, 1.82) is 0 Å². The Hall–Kier alpha value is -1.45. The summed E-state index contributed by atoms with van der Waals surface area (Å²) in [5.41, 5.74) is 3.56. The Morgan fingerprint density at radius 2 is 2.21 bits per heavy atom. The Balaban J connectivity index is 1.83. The van der Waals surface area contributed by atoms with Gasteiger partial charge in [0.1, 0.15) is 0 Å². The number of nitrogens with one attached hydrogen (secondary N) is 1. The highest BCUT2D eigenvalue weighted by Crippen LogP contribution is 2.17. The number of fused-ring (bicyclic) bond motifs is 1. The summed E-state index contributed by atoms with van der Waals surface area (Å²) < 4.78 is 0. The van der Waals surface area contributed by atoms with Gasteiger partial charge in [-0.15, -0.1) is 0 Å². The molecule has 0 saturated carbocycles. The molecule has 1 N–H and O–H groups in total. The molecule has 1 aliphatic heterocycles. The molecule has 3 heteroatoms. The Labute approximate surface area is 114 Å². The standard InChI is InChI=1S/C16H21N3/c1-12-3-5-15-9-14(4-6-16(15)18-12)11-19-8-7-17-10-13(19)2/h3-6,9,13,17H,7-8,10-11H2,1-2H3/t13-/m0/s1. The molecule has 3 nitrogen and oxygen atoms in total. The Kier molecular flexibility index (Phi) is 3.49. The van der Waals surface area contributed by atoms with E-state index < -0.39 is 0 Å². The molecule has 2 aromatic rings. The van der Waals surface area contributed by atoms with Crippen LogP contribution in [0.2, 0.25) is 0 Å². The summed E-state index contributed by atoms with van der Waals surface area (Å²) in [6.07, 6.45) is 0. The lowest BCUT2D eigenvalue weighted by Gasteiger charge is -2.33. The molecule has 1 aliphatic rings. The van der Waals surface area contributed by atoms with Gasteiger partial charge < -0.3 is 5.32 Å². The van der Waals surface area contributed by atoms with Crippen molar-refractivity contribution in [1.82, 2.24) is 15.2 Å². The average molecular weight is 255 g/mol. The highest BCUT2D eigenvalue weighted by molar-refractivity contribution is 5.79. The van der Waals surface area contributed by atoms with Crippen LogP contribution in [0.3, 0.4) is 0 Å². The van der Waals surface area contributed by atoms with Crippen molar-refractivity contribution in [3.05, 3.63) is 41.6 Å². The van der Waals surface area contributed by atoms with Crippen molar-refractivity contribution in [2.75, 3.05) is 19.6 Å². The fourth-order valence-electron chi connectivity index (χ4n) is 2.73. The first kappa shape index (κ1) is 12.6. The van der Waals surface area contributed by atoms with Gasteiger partial charge in [-0.05, 0) is 37.6 Å². The van der Waals surface area contributed by atoms with Gasteiger partial charge in [0.25, 0.3) is 0 Å². The molecule has 0 radical (unpaired) electrons. The van der Waals surface area contributed by atoms with Gasteiger partial charge in [-0.2, -0.15) is 0 Å². The van der Waals surface area contributed by atoms with Gasteiger partial charge in [-0.1, -0.05) is 12.1 Å². The first-order valence-electron chi connectivity index (χ1n) is 7.03. The number of hydrogen-bond donors (Lipinski definition) is 1. The Morgan fingerprint density at radius 3 is 3.05 bits per heavy atom. The summed E-state index contributed by atoms with van der Waals surface area (Å²) in [5.74, 6) is 0. The van der Waals surface area contributed by atoms with Gasteiger partial charge in [-0.25, -0.2) is 0 Å². The summed E-state index contributed by atoms with van der Waals surface area (Å²) >= 11 is 0. The number of pyridine rings is 1. The second kappa shape index (κ2) is 5.27. The smallest absolute Gasteiger partial charge is 0.0705 e. The van der Waals surface area contributed by atoms with Gasteiger partial charge in [-0.3, -0.25) is 9.88 Å². The number of nitrogens with zero attached hydrogens (tertiary/aromatic N) is 2. The maximum Gasteiger partial charge on any atom is 0.0705 e. The summed E-state index contributed by atoms with van der Waals surface area (Å²) in [6.45, 7) is 8.68. The van der Waals surface area contributed by atoms with Crippen molar-refractivity contribution < 1.29 is 0 Å². The Morgan fingerprint density at radius 1 is 1.32 bits per heavy atom. The quantitative estimate of drug-likeness (QED) is 0.892. The van der Waals surface area contributed by atoms with Crippen LogP contribution in [-0.2, 0) is 6.54 Å². The summed E-state index contributed by atoms with van der Waals surface area (Å²) in [4.78, 5) is 7.10. The molecule has 1 saturated heterocycles. The lowest BCUT2D eigenvalue weighted by Crippen LogP contribution is -2.49. The molecular weight excluding hydrogens is 234 g/mol. The van der Waals surface area contributed by atoms with Gasteiger partial charge in [0.15, 0.2) is 0 Å². The predicted octanol–water partition coefficient (Wildman–Crippen LogP) is 2.34. The van der Waals surface area contributed by atoms with Crippen molar-refractivity contribution in [3.63, 3.8) is 0 Å². The number of aromatic nitrogens is 1. The molecule has 1 atom stereocenters. The largest absolute Gasteiger partial charge is 0.314 e. The molecule has 100 valence electrons. The normalized spacial score (nSPS) is 20.8. The number of benzene rings is 1. The van der Waals surface area contributed by atoms with Crippen LogP contribution in [0.15, 0.2) is 30.3 Å². The van der Waals surface area contributed by atoms with Gasteiger partial charge in [0.2, 0.25) is 0 Å². The summed E-state index contributed by atoms with van der Waals surface area (Å²) in [6, 6.07) is 11.5. The average Bonchev–Trinajstić information content (AvgIpc) is 2.41. The number of piperazine rings is 1. The summed E-state index contributed by atoms with van der Waals surface area (Å²) in [5, 5.41) is 4.68. The van der Waals surface area contributed by atoms with E-state index in [1.165, 1.54) is 10.9 Å². The lowest BCUT2D eigenvalue weighted by atomic mass is 10.1. The maximum absolute atomic E-state index is 4.55. The fourth-order valence-corrected chi connectivity index (χ4v) is 2.73. The highest BCUT2D eigenvalue weighted by atomic mass is 15.2. The first-order valence-corrected chi connectivity index (χ1v) is 7.03. The zero-order valence-corrected chi connectivity index (χ0v) is 11.7. The van der Waals surface area contributed by atoms with Crippen molar-refractivity contribution in [2.24, 2.45) is 0 Å². The van der Waals surface area contributed by atoms with Crippen LogP contribution in [-0.4, -0.2) is 35.6 Å². The molecule has 1 aromatic heterocycles. The van der Waals surface area contributed by atoms with Crippen LogP contribution in [0.25, 0.3) is 10.9 Å². The lowest BCUT2D eigenvalue weighted by molar-refractivity contribution is 0.165. The maximum atomic E-state index is 4.55. The number of hydrogen-bond acceptors (Lipinski definition) is 3.